The lowest BCUT2D eigenvalue weighted by Crippen LogP contribution is -2.21. The van der Waals surface area contributed by atoms with Gasteiger partial charge in [-0.2, -0.15) is 0 Å². The first-order valence-electron chi connectivity index (χ1n) is 6.20. The third-order valence-electron chi connectivity index (χ3n) is 2.69. The predicted molar refractivity (Wildman–Crippen MR) is 70.6 cm³/mol. The summed E-state index contributed by atoms with van der Waals surface area (Å²) in [5, 5.41) is 3.45. The first kappa shape index (κ1) is 13.2. The van der Waals surface area contributed by atoms with Crippen molar-refractivity contribution in [2.24, 2.45) is 5.73 Å². The summed E-state index contributed by atoms with van der Waals surface area (Å²) in [7, 11) is 0. The van der Waals surface area contributed by atoms with Crippen molar-refractivity contribution in [1.29, 1.82) is 0 Å². The number of hydrogen-bond acceptors (Lipinski definition) is 2. The van der Waals surface area contributed by atoms with Gasteiger partial charge in [0.1, 0.15) is 0 Å². The highest BCUT2D eigenvalue weighted by molar-refractivity contribution is 5.22. The summed E-state index contributed by atoms with van der Waals surface area (Å²) in [6.07, 6.45) is 3.39. The number of rotatable bonds is 7. The summed E-state index contributed by atoms with van der Waals surface area (Å²) in [4.78, 5) is 0. The van der Waals surface area contributed by atoms with Gasteiger partial charge >= 0.3 is 0 Å². The Morgan fingerprint density at radius 1 is 1.31 bits per heavy atom. The molecule has 0 bridgehead atoms. The fraction of sp³-hybridized carbons (Fsp3) is 0.571. The molecule has 1 unspecified atom stereocenters. The van der Waals surface area contributed by atoms with E-state index in [1.165, 1.54) is 17.5 Å². The number of hydrogen-bond donors (Lipinski definition) is 2. The molecule has 0 amide bonds. The van der Waals surface area contributed by atoms with Crippen LogP contribution in [0.25, 0.3) is 0 Å². The summed E-state index contributed by atoms with van der Waals surface area (Å²) < 4.78 is 0. The van der Waals surface area contributed by atoms with E-state index in [2.05, 4.69) is 43.4 Å². The van der Waals surface area contributed by atoms with Crippen molar-refractivity contribution in [2.45, 2.75) is 39.2 Å². The highest BCUT2D eigenvalue weighted by atomic mass is 14.8. The van der Waals surface area contributed by atoms with E-state index in [4.69, 9.17) is 5.73 Å². The minimum absolute atomic E-state index is 0.332. The molecule has 2 nitrogen and oxygen atoms in total. The SMILES string of the molecule is Cc1cccc(CCNCCCC(C)N)c1. The van der Waals surface area contributed by atoms with E-state index in [-0.39, 0.29) is 0 Å². The fourth-order valence-electron chi connectivity index (χ4n) is 1.77. The molecule has 0 aliphatic carbocycles. The molecule has 0 spiro atoms. The van der Waals surface area contributed by atoms with Gasteiger partial charge in [0.2, 0.25) is 0 Å². The van der Waals surface area contributed by atoms with Crippen LogP contribution in [0.5, 0.6) is 0 Å². The van der Waals surface area contributed by atoms with Crippen LogP contribution in [-0.2, 0) is 6.42 Å². The quantitative estimate of drug-likeness (QED) is 0.692. The van der Waals surface area contributed by atoms with Crippen LogP contribution in [0.1, 0.15) is 30.9 Å². The molecule has 2 heteroatoms. The van der Waals surface area contributed by atoms with E-state index >= 15 is 0 Å². The molecule has 1 rings (SSSR count). The first-order valence-corrected chi connectivity index (χ1v) is 6.20. The van der Waals surface area contributed by atoms with Crippen molar-refractivity contribution >= 4 is 0 Å². The number of nitrogens with one attached hydrogen (secondary N) is 1. The van der Waals surface area contributed by atoms with Gasteiger partial charge in [-0.25, -0.2) is 0 Å². The lowest BCUT2D eigenvalue weighted by atomic mass is 10.1. The Morgan fingerprint density at radius 3 is 2.81 bits per heavy atom. The van der Waals surface area contributed by atoms with Gasteiger partial charge in [0.25, 0.3) is 0 Å². The smallest absolute Gasteiger partial charge is 0.00109 e. The van der Waals surface area contributed by atoms with Crippen LogP contribution in [-0.4, -0.2) is 19.1 Å². The van der Waals surface area contributed by atoms with Crippen LogP contribution in [0.4, 0.5) is 0 Å². The first-order chi connectivity index (χ1) is 7.68. The van der Waals surface area contributed by atoms with E-state index in [0.29, 0.717) is 6.04 Å². The standard InChI is InChI=1S/C14H24N2/c1-12-5-3-7-14(11-12)8-10-16-9-4-6-13(2)15/h3,5,7,11,13,16H,4,6,8-10,15H2,1-2H3. The average molecular weight is 220 g/mol. The van der Waals surface area contributed by atoms with E-state index in [9.17, 15) is 0 Å². The zero-order chi connectivity index (χ0) is 11.8. The minimum atomic E-state index is 0.332. The van der Waals surface area contributed by atoms with Gasteiger partial charge in [-0.15, -0.1) is 0 Å². The van der Waals surface area contributed by atoms with Crippen molar-refractivity contribution in [3.8, 4) is 0 Å². The van der Waals surface area contributed by atoms with Crippen molar-refractivity contribution in [3.63, 3.8) is 0 Å². The summed E-state index contributed by atoms with van der Waals surface area (Å²) in [5.41, 5.74) is 8.45. The maximum atomic E-state index is 5.69. The minimum Gasteiger partial charge on any atom is -0.328 e. The number of benzene rings is 1. The molecule has 1 aromatic rings. The van der Waals surface area contributed by atoms with Crippen molar-refractivity contribution < 1.29 is 0 Å². The highest BCUT2D eigenvalue weighted by Crippen LogP contribution is 2.03. The van der Waals surface area contributed by atoms with Crippen LogP contribution in [0.3, 0.4) is 0 Å². The Kier molecular flexibility index (Phi) is 6.12. The highest BCUT2D eigenvalue weighted by Gasteiger charge is 1.95. The Bertz CT molecular complexity index is 295. The zero-order valence-electron chi connectivity index (χ0n) is 10.5. The molecule has 1 atom stereocenters. The van der Waals surface area contributed by atoms with Gasteiger partial charge < -0.3 is 11.1 Å². The number of aryl methyl sites for hydroxylation is 1. The second kappa shape index (κ2) is 7.42. The zero-order valence-corrected chi connectivity index (χ0v) is 10.5. The van der Waals surface area contributed by atoms with Crippen molar-refractivity contribution in [2.75, 3.05) is 13.1 Å². The van der Waals surface area contributed by atoms with E-state index in [1.54, 1.807) is 0 Å². The fourth-order valence-corrected chi connectivity index (χ4v) is 1.77. The van der Waals surface area contributed by atoms with E-state index in [1.807, 2.05) is 0 Å². The molecule has 16 heavy (non-hydrogen) atoms. The normalized spacial score (nSPS) is 12.7. The molecule has 0 aliphatic heterocycles. The Hall–Kier alpha value is -0.860. The second-order valence-corrected chi connectivity index (χ2v) is 4.61. The molecule has 3 N–H and O–H groups in total. The maximum Gasteiger partial charge on any atom is 0.00109 e. The second-order valence-electron chi connectivity index (χ2n) is 4.61. The topological polar surface area (TPSA) is 38.0 Å². The number of nitrogens with two attached hydrogens (primary N) is 1. The largest absolute Gasteiger partial charge is 0.328 e. The van der Waals surface area contributed by atoms with Gasteiger partial charge in [0, 0.05) is 6.04 Å². The summed E-state index contributed by atoms with van der Waals surface area (Å²) in [6.45, 7) is 6.34. The lowest BCUT2D eigenvalue weighted by Gasteiger charge is -2.07. The van der Waals surface area contributed by atoms with Crippen LogP contribution < -0.4 is 11.1 Å². The Labute approximate surface area is 99.2 Å². The van der Waals surface area contributed by atoms with E-state index in [0.717, 1.165) is 25.9 Å². The van der Waals surface area contributed by atoms with Gasteiger partial charge in [-0.05, 0) is 51.8 Å². The van der Waals surface area contributed by atoms with Crippen LogP contribution >= 0.6 is 0 Å². The van der Waals surface area contributed by atoms with Crippen LogP contribution in [0.2, 0.25) is 0 Å². The van der Waals surface area contributed by atoms with Crippen LogP contribution in [0.15, 0.2) is 24.3 Å². The lowest BCUT2D eigenvalue weighted by molar-refractivity contribution is 0.575. The average Bonchev–Trinajstić information content (AvgIpc) is 2.23. The molecule has 0 radical (unpaired) electrons. The predicted octanol–water partition coefficient (Wildman–Crippen LogP) is 2.25. The van der Waals surface area contributed by atoms with Gasteiger partial charge in [0.15, 0.2) is 0 Å². The summed E-state index contributed by atoms with van der Waals surface area (Å²) in [5.74, 6) is 0. The summed E-state index contributed by atoms with van der Waals surface area (Å²) in [6, 6.07) is 9.04. The monoisotopic (exact) mass is 220 g/mol. The third-order valence-corrected chi connectivity index (χ3v) is 2.69. The van der Waals surface area contributed by atoms with E-state index < -0.39 is 0 Å². The Balaban J connectivity index is 2.07. The van der Waals surface area contributed by atoms with Crippen LogP contribution in [0, 0.1) is 6.92 Å². The van der Waals surface area contributed by atoms with Gasteiger partial charge in [-0.1, -0.05) is 29.8 Å². The Morgan fingerprint density at radius 2 is 2.12 bits per heavy atom. The molecular weight excluding hydrogens is 196 g/mol. The molecule has 0 aromatic heterocycles. The molecule has 0 heterocycles. The molecule has 0 saturated heterocycles. The third kappa shape index (κ3) is 5.89. The van der Waals surface area contributed by atoms with Crippen molar-refractivity contribution in [1.82, 2.24) is 5.32 Å². The molecule has 0 fully saturated rings. The molecule has 0 aliphatic rings. The molecule has 0 saturated carbocycles. The molecule has 1 aromatic carbocycles. The maximum absolute atomic E-state index is 5.69. The van der Waals surface area contributed by atoms with Crippen molar-refractivity contribution in [3.05, 3.63) is 35.4 Å². The molecule has 90 valence electrons. The van der Waals surface area contributed by atoms with Gasteiger partial charge in [-0.3, -0.25) is 0 Å². The summed E-state index contributed by atoms with van der Waals surface area (Å²) >= 11 is 0. The molecular formula is C14H24N2. The van der Waals surface area contributed by atoms with Gasteiger partial charge in [0.05, 0.1) is 0 Å².